The van der Waals surface area contributed by atoms with Gasteiger partial charge in [-0.15, -0.1) is 12.4 Å². The van der Waals surface area contributed by atoms with E-state index in [-0.39, 0.29) is 24.7 Å². The van der Waals surface area contributed by atoms with Gasteiger partial charge < -0.3 is 11.1 Å². The number of hydrogen-bond donors (Lipinski definition) is 2. The summed E-state index contributed by atoms with van der Waals surface area (Å²) < 4.78 is 47.0. The molecule has 1 amide bonds. The van der Waals surface area contributed by atoms with Crippen molar-refractivity contribution in [3.63, 3.8) is 0 Å². The molecule has 0 spiro atoms. The van der Waals surface area contributed by atoms with Gasteiger partial charge in [0.15, 0.2) is 0 Å². The zero-order valence-corrected chi connectivity index (χ0v) is 12.7. The van der Waals surface area contributed by atoms with Crippen LogP contribution in [0.4, 0.5) is 8.78 Å². The van der Waals surface area contributed by atoms with Crippen LogP contribution in [-0.4, -0.2) is 33.2 Å². The summed E-state index contributed by atoms with van der Waals surface area (Å²) in [6, 6.07) is 4.84. The summed E-state index contributed by atoms with van der Waals surface area (Å²) in [5.74, 6) is -3.68. The Balaban J connectivity index is 0.00000400. The van der Waals surface area contributed by atoms with Crippen LogP contribution in [0, 0.1) is 0 Å². The SMILES string of the molecule is Cl.NCCCNC(=O)Cc1ccc(S(=O)(=O)C(F)F)cc1. The number of halogens is 3. The number of hydrogen-bond acceptors (Lipinski definition) is 4. The molecule has 0 atom stereocenters. The zero-order valence-electron chi connectivity index (χ0n) is 11.1. The first kappa shape index (κ1) is 19.8. The van der Waals surface area contributed by atoms with E-state index in [0.29, 0.717) is 25.1 Å². The molecule has 0 aliphatic rings. The lowest BCUT2D eigenvalue weighted by atomic mass is 10.1. The van der Waals surface area contributed by atoms with Crippen LogP contribution in [0.2, 0.25) is 0 Å². The van der Waals surface area contributed by atoms with E-state index in [0.717, 1.165) is 12.1 Å². The van der Waals surface area contributed by atoms with Crippen LogP contribution in [0.3, 0.4) is 0 Å². The van der Waals surface area contributed by atoms with Crippen molar-refractivity contribution in [1.82, 2.24) is 5.32 Å². The molecular weight excluding hydrogens is 326 g/mol. The quantitative estimate of drug-likeness (QED) is 0.726. The Morgan fingerprint density at radius 1 is 1.24 bits per heavy atom. The normalized spacial score (nSPS) is 11.0. The van der Waals surface area contributed by atoms with E-state index < -0.39 is 20.5 Å². The summed E-state index contributed by atoms with van der Waals surface area (Å²) in [6.07, 6.45) is 0.719. The minimum absolute atomic E-state index is 0. The molecule has 0 aliphatic heterocycles. The molecule has 3 N–H and O–H groups in total. The number of benzene rings is 1. The fraction of sp³-hybridized carbons (Fsp3) is 0.417. The fourth-order valence-electron chi connectivity index (χ4n) is 1.48. The highest BCUT2D eigenvalue weighted by atomic mass is 35.5. The number of rotatable bonds is 7. The summed E-state index contributed by atoms with van der Waals surface area (Å²) in [5.41, 5.74) is 5.82. The van der Waals surface area contributed by atoms with Gasteiger partial charge in [0.25, 0.3) is 0 Å². The van der Waals surface area contributed by atoms with E-state index >= 15 is 0 Å². The fourth-order valence-corrected chi connectivity index (χ4v) is 2.20. The van der Waals surface area contributed by atoms with Gasteiger partial charge in [-0.1, -0.05) is 12.1 Å². The predicted octanol–water partition coefficient (Wildman–Crippen LogP) is 1.11. The maximum atomic E-state index is 12.3. The second-order valence-corrected chi connectivity index (χ2v) is 6.04. The highest BCUT2D eigenvalue weighted by molar-refractivity contribution is 7.91. The number of alkyl halides is 2. The van der Waals surface area contributed by atoms with Crippen molar-refractivity contribution in [2.24, 2.45) is 5.73 Å². The summed E-state index contributed by atoms with van der Waals surface area (Å²) >= 11 is 0. The van der Waals surface area contributed by atoms with Crippen molar-refractivity contribution in [3.05, 3.63) is 29.8 Å². The van der Waals surface area contributed by atoms with Gasteiger partial charge in [0.2, 0.25) is 15.7 Å². The molecule has 0 heterocycles. The van der Waals surface area contributed by atoms with E-state index in [2.05, 4.69) is 5.32 Å². The Hall–Kier alpha value is -1.25. The van der Waals surface area contributed by atoms with Gasteiger partial charge in [0.1, 0.15) is 0 Å². The molecule has 1 aromatic rings. The van der Waals surface area contributed by atoms with Gasteiger partial charge in [0, 0.05) is 6.54 Å². The number of sulfone groups is 1. The third-order valence-corrected chi connectivity index (χ3v) is 3.95. The molecule has 0 saturated heterocycles. The molecule has 1 rings (SSSR count). The van der Waals surface area contributed by atoms with Crippen molar-refractivity contribution >= 4 is 28.2 Å². The maximum Gasteiger partial charge on any atom is 0.341 e. The number of nitrogens with two attached hydrogens (primary N) is 1. The molecular formula is C12H17ClF2N2O3S. The lowest BCUT2D eigenvalue weighted by molar-refractivity contribution is -0.120. The topological polar surface area (TPSA) is 89.3 Å². The smallest absolute Gasteiger partial charge is 0.341 e. The third-order valence-electron chi connectivity index (χ3n) is 2.55. The molecule has 0 bridgehead atoms. The highest BCUT2D eigenvalue weighted by Crippen LogP contribution is 2.18. The van der Waals surface area contributed by atoms with Gasteiger partial charge in [-0.25, -0.2) is 8.42 Å². The van der Waals surface area contributed by atoms with Crippen molar-refractivity contribution < 1.29 is 22.0 Å². The second-order valence-electron chi connectivity index (χ2n) is 4.12. The molecule has 0 aromatic heterocycles. The summed E-state index contributed by atoms with van der Waals surface area (Å²) in [5, 5.41) is 2.64. The first-order valence-corrected chi connectivity index (χ1v) is 7.50. The van der Waals surface area contributed by atoms with Gasteiger partial charge in [-0.2, -0.15) is 8.78 Å². The minimum Gasteiger partial charge on any atom is -0.356 e. The standard InChI is InChI=1S/C12H16F2N2O3S.ClH/c13-12(14)20(18,19)10-4-2-9(3-5-10)8-11(17)16-7-1-6-15;/h2-5,12H,1,6-8,15H2,(H,16,17);1H. The van der Waals surface area contributed by atoms with Crippen molar-refractivity contribution in [2.75, 3.05) is 13.1 Å². The van der Waals surface area contributed by atoms with Crippen molar-refractivity contribution in [3.8, 4) is 0 Å². The Morgan fingerprint density at radius 3 is 2.29 bits per heavy atom. The first-order chi connectivity index (χ1) is 9.37. The minimum atomic E-state index is -4.59. The number of amides is 1. The molecule has 0 aliphatic carbocycles. The van der Waals surface area contributed by atoms with E-state index in [1.54, 1.807) is 0 Å². The number of carbonyl (C=O) groups is 1. The molecule has 1 aromatic carbocycles. The summed E-state index contributed by atoms with van der Waals surface area (Å²) in [4.78, 5) is 11.0. The van der Waals surface area contributed by atoms with Gasteiger partial charge in [-0.3, -0.25) is 4.79 Å². The van der Waals surface area contributed by atoms with Crippen LogP contribution in [0.15, 0.2) is 29.2 Å². The molecule has 0 fully saturated rings. The summed E-state index contributed by atoms with van der Waals surface area (Å²) in [6.45, 7) is 0.938. The van der Waals surface area contributed by atoms with Gasteiger partial charge in [0.05, 0.1) is 11.3 Å². The molecule has 5 nitrogen and oxygen atoms in total. The molecule has 9 heteroatoms. The predicted molar refractivity (Wildman–Crippen MR) is 77.3 cm³/mol. The molecule has 0 unspecified atom stereocenters. The summed E-state index contributed by atoms with van der Waals surface area (Å²) in [7, 11) is -4.59. The van der Waals surface area contributed by atoms with Gasteiger partial charge >= 0.3 is 5.76 Å². The molecule has 0 radical (unpaired) electrons. The average Bonchev–Trinajstić information content (AvgIpc) is 2.39. The molecule has 120 valence electrons. The zero-order chi connectivity index (χ0) is 15.2. The first-order valence-electron chi connectivity index (χ1n) is 5.95. The second kappa shape index (κ2) is 8.91. The van der Waals surface area contributed by atoms with Crippen LogP contribution >= 0.6 is 12.4 Å². The van der Waals surface area contributed by atoms with E-state index in [9.17, 15) is 22.0 Å². The Labute approximate surface area is 128 Å². The van der Waals surface area contributed by atoms with Crippen molar-refractivity contribution in [1.29, 1.82) is 0 Å². The Kier molecular flexibility index (Phi) is 8.38. The Morgan fingerprint density at radius 2 is 1.81 bits per heavy atom. The third kappa shape index (κ3) is 5.94. The lowest BCUT2D eigenvalue weighted by Crippen LogP contribution is -2.27. The monoisotopic (exact) mass is 342 g/mol. The van der Waals surface area contributed by atoms with Crippen LogP contribution in [-0.2, 0) is 21.1 Å². The maximum absolute atomic E-state index is 12.3. The largest absolute Gasteiger partial charge is 0.356 e. The lowest BCUT2D eigenvalue weighted by Gasteiger charge is -2.06. The van der Waals surface area contributed by atoms with E-state index in [1.807, 2.05) is 0 Å². The van der Waals surface area contributed by atoms with Crippen LogP contribution in [0.25, 0.3) is 0 Å². The highest BCUT2D eigenvalue weighted by Gasteiger charge is 2.26. The Bertz CT molecular complexity index is 550. The average molecular weight is 343 g/mol. The van der Waals surface area contributed by atoms with Crippen LogP contribution < -0.4 is 11.1 Å². The molecule has 0 saturated carbocycles. The van der Waals surface area contributed by atoms with E-state index in [1.165, 1.54) is 12.1 Å². The van der Waals surface area contributed by atoms with Crippen molar-refractivity contribution in [2.45, 2.75) is 23.5 Å². The van der Waals surface area contributed by atoms with Crippen LogP contribution in [0.1, 0.15) is 12.0 Å². The van der Waals surface area contributed by atoms with Gasteiger partial charge in [-0.05, 0) is 30.7 Å². The van der Waals surface area contributed by atoms with Crippen LogP contribution in [0.5, 0.6) is 0 Å². The number of nitrogens with one attached hydrogen (secondary N) is 1. The van der Waals surface area contributed by atoms with E-state index in [4.69, 9.17) is 5.73 Å². The number of carbonyl (C=O) groups excluding carboxylic acids is 1. The molecule has 21 heavy (non-hydrogen) atoms.